The van der Waals surface area contributed by atoms with Crippen molar-refractivity contribution in [2.24, 2.45) is 0 Å². The Morgan fingerprint density at radius 2 is 1.15 bits per heavy atom. The van der Waals surface area contributed by atoms with Crippen LogP contribution >= 0.6 is 0 Å². The van der Waals surface area contributed by atoms with Crippen molar-refractivity contribution in [1.29, 1.82) is 0 Å². The minimum absolute atomic E-state index is 0.0595. The first-order valence-electron chi connectivity index (χ1n) is 11.2. The number of ether oxygens (including phenoxy) is 1. The number of nitrogens with zero attached hydrogens (tertiary/aromatic N) is 1. The van der Waals surface area contributed by atoms with Crippen molar-refractivity contribution in [2.75, 3.05) is 4.81 Å². The second-order valence-electron chi connectivity index (χ2n) is 8.20. The molecule has 6 rings (SSSR count). The molecular weight excluding hydrogens is 401 g/mol. The van der Waals surface area contributed by atoms with Crippen molar-refractivity contribution in [1.82, 2.24) is 0 Å². The molecule has 0 radical (unpaired) electrons. The van der Waals surface area contributed by atoms with Gasteiger partial charge in [-0.2, -0.15) is 0 Å². The van der Waals surface area contributed by atoms with Crippen LogP contribution in [0, 0.1) is 0 Å². The molecular formula is C30H22BNO. The van der Waals surface area contributed by atoms with E-state index in [1.807, 2.05) is 30.3 Å². The highest BCUT2D eigenvalue weighted by Gasteiger charge is 2.37. The Kier molecular flexibility index (Phi) is 4.93. The number of fused-ring (bicyclic) bond motifs is 3. The van der Waals surface area contributed by atoms with Gasteiger partial charge in [0.2, 0.25) is 0 Å². The van der Waals surface area contributed by atoms with E-state index in [0.29, 0.717) is 0 Å². The van der Waals surface area contributed by atoms with Crippen LogP contribution in [0.3, 0.4) is 0 Å². The van der Waals surface area contributed by atoms with Gasteiger partial charge in [-0.25, -0.2) is 0 Å². The molecule has 1 aliphatic rings. The van der Waals surface area contributed by atoms with Gasteiger partial charge in [0, 0.05) is 23.0 Å². The molecule has 0 unspecified atom stereocenters. The van der Waals surface area contributed by atoms with E-state index in [4.69, 9.17) is 4.74 Å². The molecule has 1 aliphatic heterocycles. The Morgan fingerprint density at radius 1 is 0.515 bits per heavy atom. The lowest BCUT2D eigenvalue weighted by Crippen LogP contribution is -2.57. The zero-order valence-corrected chi connectivity index (χ0v) is 18.1. The predicted molar refractivity (Wildman–Crippen MR) is 138 cm³/mol. The predicted octanol–water partition coefficient (Wildman–Crippen LogP) is 6.40. The zero-order valence-electron chi connectivity index (χ0n) is 18.1. The molecule has 156 valence electrons. The molecule has 0 saturated heterocycles. The van der Waals surface area contributed by atoms with E-state index in [9.17, 15) is 0 Å². The largest absolute Gasteiger partial charge is 0.457 e. The lowest BCUT2D eigenvalue weighted by Gasteiger charge is -2.39. The van der Waals surface area contributed by atoms with E-state index in [2.05, 4.69) is 108 Å². The van der Waals surface area contributed by atoms with Crippen molar-refractivity contribution in [3.05, 3.63) is 133 Å². The molecule has 5 aromatic carbocycles. The summed E-state index contributed by atoms with van der Waals surface area (Å²) in [6.45, 7) is 0.0595. The van der Waals surface area contributed by atoms with Gasteiger partial charge in [0.05, 0.1) is 0 Å². The fourth-order valence-electron chi connectivity index (χ4n) is 4.73. The maximum Gasteiger partial charge on any atom is 0.328 e. The van der Waals surface area contributed by atoms with Crippen LogP contribution in [0.4, 0.5) is 11.4 Å². The first-order chi connectivity index (χ1) is 16.4. The quantitative estimate of drug-likeness (QED) is 0.310. The van der Waals surface area contributed by atoms with Gasteiger partial charge in [0.25, 0.3) is 0 Å². The lowest BCUT2D eigenvalue weighted by atomic mass is 9.46. The molecule has 0 saturated carbocycles. The highest BCUT2D eigenvalue weighted by Crippen LogP contribution is 2.42. The summed E-state index contributed by atoms with van der Waals surface area (Å²) in [5.74, 6) is 1.66. The molecule has 0 spiro atoms. The fourth-order valence-corrected chi connectivity index (χ4v) is 4.73. The monoisotopic (exact) mass is 423 g/mol. The van der Waals surface area contributed by atoms with Crippen molar-refractivity contribution >= 4 is 29.1 Å². The summed E-state index contributed by atoms with van der Waals surface area (Å²) >= 11 is 0. The summed E-state index contributed by atoms with van der Waals surface area (Å²) in [4.78, 5) is 2.44. The summed E-state index contributed by atoms with van der Waals surface area (Å²) in [6.07, 6.45) is 0. The van der Waals surface area contributed by atoms with Crippen molar-refractivity contribution in [2.45, 2.75) is 0 Å². The van der Waals surface area contributed by atoms with Crippen LogP contribution in [0.2, 0.25) is 0 Å². The summed E-state index contributed by atoms with van der Waals surface area (Å²) < 4.78 is 6.23. The molecule has 1 heterocycles. The molecule has 3 heteroatoms. The van der Waals surface area contributed by atoms with Crippen LogP contribution < -0.4 is 20.5 Å². The molecule has 0 aromatic heterocycles. The molecule has 0 aliphatic carbocycles. The van der Waals surface area contributed by atoms with Gasteiger partial charge < -0.3 is 9.55 Å². The minimum atomic E-state index is 0.0595. The van der Waals surface area contributed by atoms with Crippen LogP contribution in [0.5, 0.6) is 11.5 Å². The van der Waals surface area contributed by atoms with Gasteiger partial charge in [0.1, 0.15) is 11.5 Å². The molecule has 33 heavy (non-hydrogen) atoms. The Balaban J connectivity index is 1.58. The van der Waals surface area contributed by atoms with Gasteiger partial charge >= 0.3 is 6.85 Å². The van der Waals surface area contributed by atoms with E-state index < -0.39 is 0 Å². The third-order valence-corrected chi connectivity index (χ3v) is 6.16. The average Bonchev–Trinajstić information content (AvgIpc) is 2.89. The van der Waals surface area contributed by atoms with Gasteiger partial charge in [-0.15, -0.1) is 0 Å². The third kappa shape index (κ3) is 3.58. The first kappa shape index (κ1) is 19.5. The molecule has 5 aromatic rings. The van der Waals surface area contributed by atoms with Crippen LogP contribution in [-0.2, 0) is 0 Å². The molecule has 0 amide bonds. The van der Waals surface area contributed by atoms with Crippen molar-refractivity contribution < 1.29 is 4.74 Å². The van der Waals surface area contributed by atoms with Gasteiger partial charge in [0.15, 0.2) is 0 Å². The van der Waals surface area contributed by atoms with Gasteiger partial charge in [-0.3, -0.25) is 0 Å². The van der Waals surface area contributed by atoms with E-state index in [1.54, 1.807) is 0 Å². The maximum atomic E-state index is 6.23. The second kappa shape index (κ2) is 8.36. The van der Waals surface area contributed by atoms with E-state index in [0.717, 1.165) is 22.9 Å². The van der Waals surface area contributed by atoms with Crippen molar-refractivity contribution in [3.63, 3.8) is 0 Å². The fraction of sp³-hybridized carbons (Fsp3) is 0. The number of para-hydroxylation sites is 2. The molecule has 0 atom stereocenters. The summed E-state index contributed by atoms with van der Waals surface area (Å²) in [6, 6.07) is 46.5. The van der Waals surface area contributed by atoms with Gasteiger partial charge in [-0.05, 0) is 47.4 Å². The lowest BCUT2D eigenvalue weighted by molar-refractivity contribution is 0.483. The number of anilines is 2. The normalized spacial score (nSPS) is 12.1. The Labute approximate surface area is 194 Å². The molecule has 0 bridgehead atoms. The van der Waals surface area contributed by atoms with Crippen LogP contribution in [0.15, 0.2) is 133 Å². The summed E-state index contributed by atoms with van der Waals surface area (Å²) in [7, 11) is 0. The maximum absolute atomic E-state index is 6.23. The van der Waals surface area contributed by atoms with Crippen LogP contribution in [0.25, 0.3) is 11.1 Å². The molecule has 2 nitrogen and oxygen atoms in total. The van der Waals surface area contributed by atoms with E-state index in [1.165, 1.54) is 22.1 Å². The topological polar surface area (TPSA) is 12.5 Å². The highest BCUT2D eigenvalue weighted by molar-refractivity contribution is 6.90. The van der Waals surface area contributed by atoms with Crippen molar-refractivity contribution in [3.8, 4) is 22.6 Å². The number of benzene rings is 5. The van der Waals surface area contributed by atoms with Gasteiger partial charge in [-0.1, -0.05) is 96.5 Å². The minimum Gasteiger partial charge on any atom is -0.457 e. The first-order valence-corrected chi connectivity index (χ1v) is 11.2. The zero-order chi connectivity index (χ0) is 22.0. The smallest absolute Gasteiger partial charge is 0.328 e. The third-order valence-electron chi connectivity index (χ3n) is 6.16. The Bertz CT molecular complexity index is 1390. The standard InChI is InChI=1S/C30H22BNO/c1-4-12-23(13-5-1)31-29-19-11-10-18-27(29)28-21-20-26(33-25-16-8-3-9-17-25)22-30(28)32(31)24-14-6-2-7-15-24/h1-22H. The van der Waals surface area contributed by atoms with Crippen LogP contribution in [-0.4, -0.2) is 6.85 Å². The van der Waals surface area contributed by atoms with Crippen LogP contribution in [0.1, 0.15) is 0 Å². The number of hydrogen-bond acceptors (Lipinski definition) is 2. The van der Waals surface area contributed by atoms with E-state index >= 15 is 0 Å². The number of rotatable bonds is 4. The highest BCUT2D eigenvalue weighted by atomic mass is 16.5. The molecule has 0 N–H and O–H groups in total. The molecule has 0 fully saturated rings. The number of hydrogen-bond donors (Lipinski definition) is 0. The van der Waals surface area contributed by atoms with E-state index in [-0.39, 0.29) is 6.85 Å². The summed E-state index contributed by atoms with van der Waals surface area (Å²) in [5, 5.41) is 0. The SMILES string of the molecule is c1ccc(Oc2ccc3c(c2)N(c2ccccc2)B(c2ccccc2)c2ccccc2-3)cc1. The summed E-state index contributed by atoms with van der Waals surface area (Å²) in [5.41, 5.74) is 7.33. The Hall–Kier alpha value is -4.24. The average molecular weight is 423 g/mol. The second-order valence-corrected chi connectivity index (χ2v) is 8.20. The Morgan fingerprint density at radius 3 is 1.91 bits per heavy atom.